The van der Waals surface area contributed by atoms with Crippen molar-refractivity contribution in [3.63, 3.8) is 0 Å². The van der Waals surface area contributed by atoms with E-state index in [2.05, 4.69) is 38.7 Å². The van der Waals surface area contributed by atoms with E-state index in [0.29, 0.717) is 24.1 Å². The number of anilines is 2. The molecular formula is C15H23N3. The van der Waals surface area contributed by atoms with Gasteiger partial charge < -0.3 is 10.6 Å². The number of nitriles is 1. The third-order valence-electron chi connectivity index (χ3n) is 2.91. The molecule has 0 spiro atoms. The average molecular weight is 245 g/mol. The molecule has 2 N–H and O–H groups in total. The Bertz CT molecular complexity index is 430. The lowest BCUT2D eigenvalue weighted by molar-refractivity contribution is 0.571. The lowest BCUT2D eigenvalue weighted by Gasteiger charge is -2.31. The maximum absolute atomic E-state index is 8.81. The van der Waals surface area contributed by atoms with Crippen LogP contribution in [0.1, 0.15) is 33.3 Å². The van der Waals surface area contributed by atoms with Gasteiger partial charge in [-0.2, -0.15) is 5.26 Å². The fourth-order valence-corrected chi connectivity index (χ4v) is 2.02. The number of benzene rings is 1. The zero-order valence-corrected chi connectivity index (χ0v) is 11.8. The molecule has 1 aromatic rings. The second-order valence-electron chi connectivity index (χ2n) is 5.36. The second kappa shape index (κ2) is 6.30. The van der Waals surface area contributed by atoms with E-state index in [-0.39, 0.29) is 0 Å². The molecule has 0 radical (unpaired) electrons. The molecule has 0 aliphatic heterocycles. The Morgan fingerprint density at radius 2 is 1.94 bits per heavy atom. The Morgan fingerprint density at radius 1 is 1.28 bits per heavy atom. The highest BCUT2D eigenvalue weighted by molar-refractivity contribution is 5.59. The van der Waals surface area contributed by atoms with Crippen LogP contribution < -0.4 is 10.6 Å². The fraction of sp³-hybridized carbons (Fsp3) is 0.533. The van der Waals surface area contributed by atoms with Crippen molar-refractivity contribution in [3.05, 3.63) is 23.8 Å². The van der Waals surface area contributed by atoms with Gasteiger partial charge in [0.1, 0.15) is 0 Å². The summed E-state index contributed by atoms with van der Waals surface area (Å²) in [7, 11) is 0. The van der Waals surface area contributed by atoms with Gasteiger partial charge >= 0.3 is 0 Å². The quantitative estimate of drug-likeness (QED) is 0.810. The first-order chi connectivity index (χ1) is 8.45. The third kappa shape index (κ3) is 3.66. The van der Waals surface area contributed by atoms with Crippen LogP contribution in [0.4, 0.5) is 11.4 Å². The highest BCUT2D eigenvalue weighted by Gasteiger charge is 2.13. The number of hydrogen-bond donors (Lipinski definition) is 1. The van der Waals surface area contributed by atoms with Crippen LogP contribution in [0.25, 0.3) is 0 Å². The summed E-state index contributed by atoms with van der Waals surface area (Å²) in [5.74, 6) is 0.601. The number of rotatable bonds is 5. The van der Waals surface area contributed by atoms with Crippen LogP contribution in [0.2, 0.25) is 0 Å². The number of nitrogens with zero attached hydrogens (tertiary/aromatic N) is 2. The van der Waals surface area contributed by atoms with E-state index in [1.54, 1.807) is 0 Å². The molecule has 0 aliphatic carbocycles. The number of nitrogen functional groups attached to an aromatic ring is 1. The van der Waals surface area contributed by atoms with Gasteiger partial charge in [0, 0.05) is 24.0 Å². The van der Waals surface area contributed by atoms with Gasteiger partial charge in [-0.25, -0.2) is 0 Å². The molecule has 3 heteroatoms. The average Bonchev–Trinajstić information content (AvgIpc) is 2.29. The van der Waals surface area contributed by atoms with Crippen molar-refractivity contribution in [2.24, 2.45) is 5.92 Å². The topological polar surface area (TPSA) is 53.0 Å². The summed E-state index contributed by atoms with van der Waals surface area (Å²) in [6.45, 7) is 9.80. The van der Waals surface area contributed by atoms with Crippen LogP contribution in [-0.2, 0) is 6.42 Å². The zero-order chi connectivity index (χ0) is 13.7. The molecule has 0 heterocycles. The lowest BCUT2D eigenvalue weighted by Crippen LogP contribution is -2.34. The molecule has 98 valence electrons. The first-order valence-electron chi connectivity index (χ1n) is 6.47. The Morgan fingerprint density at radius 3 is 2.44 bits per heavy atom. The predicted molar refractivity (Wildman–Crippen MR) is 77.5 cm³/mol. The number of hydrogen-bond acceptors (Lipinski definition) is 3. The van der Waals surface area contributed by atoms with Crippen molar-refractivity contribution in [2.75, 3.05) is 17.2 Å². The molecule has 0 bridgehead atoms. The highest BCUT2D eigenvalue weighted by Crippen LogP contribution is 2.24. The number of nitrogens with two attached hydrogens (primary N) is 1. The fourth-order valence-electron chi connectivity index (χ4n) is 2.02. The molecule has 1 rings (SSSR count). The highest BCUT2D eigenvalue weighted by atomic mass is 15.2. The molecule has 0 aliphatic rings. The van der Waals surface area contributed by atoms with Crippen molar-refractivity contribution >= 4 is 11.4 Å². The minimum Gasteiger partial charge on any atom is -0.398 e. The van der Waals surface area contributed by atoms with Gasteiger partial charge in [0.05, 0.1) is 12.5 Å². The second-order valence-corrected chi connectivity index (χ2v) is 5.36. The summed E-state index contributed by atoms with van der Waals surface area (Å²) in [6, 6.07) is 8.58. The van der Waals surface area contributed by atoms with Gasteiger partial charge in [0.15, 0.2) is 0 Å². The normalized spacial score (nSPS) is 10.7. The maximum Gasteiger partial charge on any atom is 0.0670 e. The van der Waals surface area contributed by atoms with E-state index in [4.69, 9.17) is 11.0 Å². The van der Waals surface area contributed by atoms with E-state index in [9.17, 15) is 0 Å². The first-order valence-corrected chi connectivity index (χ1v) is 6.47. The molecule has 0 amide bonds. The van der Waals surface area contributed by atoms with Gasteiger partial charge in [0.25, 0.3) is 0 Å². The predicted octanol–water partition coefficient (Wildman–Crippen LogP) is 3.21. The van der Waals surface area contributed by atoms with Gasteiger partial charge in [-0.15, -0.1) is 0 Å². The zero-order valence-electron chi connectivity index (χ0n) is 11.8. The lowest BCUT2D eigenvalue weighted by atomic mass is 10.1. The summed E-state index contributed by atoms with van der Waals surface area (Å²) in [4.78, 5) is 2.35. The van der Waals surface area contributed by atoms with Crippen LogP contribution in [0.15, 0.2) is 18.2 Å². The molecule has 3 nitrogen and oxygen atoms in total. The Balaban J connectivity index is 3.05. The molecule has 0 saturated heterocycles. The smallest absolute Gasteiger partial charge is 0.0670 e. The van der Waals surface area contributed by atoms with E-state index >= 15 is 0 Å². The van der Waals surface area contributed by atoms with Crippen LogP contribution in [0.3, 0.4) is 0 Å². The standard InChI is InChI=1S/C15H23N3/c1-11(2)10-18(12(3)4)14-5-6-15(17)13(9-14)7-8-16/h5-6,9,11-12H,7,10,17H2,1-4H3. The van der Waals surface area contributed by atoms with Crippen molar-refractivity contribution in [1.29, 1.82) is 5.26 Å². The van der Waals surface area contributed by atoms with E-state index in [1.807, 2.05) is 18.2 Å². The van der Waals surface area contributed by atoms with Gasteiger partial charge in [-0.05, 0) is 43.5 Å². The molecule has 0 fully saturated rings. The van der Waals surface area contributed by atoms with Crippen molar-refractivity contribution < 1.29 is 0 Å². The Kier molecular flexibility index (Phi) is 5.03. The molecular weight excluding hydrogens is 222 g/mol. The summed E-state index contributed by atoms with van der Waals surface area (Å²) in [5, 5.41) is 8.81. The maximum atomic E-state index is 8.81. The minimum atomic E-state index is 0.368. The van der Waals surface area contributed by atoms with Crippen LogP contribution in [0.5, 0.6) is 0 Å². The minimum absolute atomic E-state index is 0.368. The summed E-state index contributed by atoms with van der Waals surface area (Å²) in [6.07, 6.45) is 0.368. The third-order valence-corrected chi connectivity index (χ3v) is 2.91. The monoisotopic (exact) mass is 245 g/mol. The van der Waals surface area contributed by atoms with E-state index in [1.165, 1.54) is 0 Å². The molecule has 0 aromatic heterocycles. The van der Waals surface area contributed by atoms with Gasteiger partial charge in [-0.1, -0.05) is 13.8 Å². The van der Waals surface area contributed by atoms with Gasteiger partial charge in [0.2, 0.25) is 0 Å². The Hall–Kier alpha value is -1.69. The molecule has 0 atom stereocenters. The molecule has 0 saturated carbocycles. The van der Waals surface area contributed by atoms with E-state index < -0.39 is 0 Å². The van der Waals surface area contributed by atoms with Crippen molar-refractivity contribution in [1.82, 2.24) is 0 Å². The van der Waals surface area contributed by atoms with E-state index in [0.717, 1.165) is 17.8 Å². The van der Waals surface area contributed by atoms with Crippen LogP contribution in [0, 0.1) is 17.2 Å². The van der Waals surface area contributed by atoms with Crippen LogP contribution >= 0.6 is 0 Å². The SMILES string of the molecule is CC(C)CN(c1ccc(N)c(CC#N)c1)C(C)C. The van der Waals surface area contributed by atoms with Gasteiger partial charge in [-0.3, -0.25) is 0 Å². The summed E-state index contributed by atoms with van der Waals surface area (Å²) < 4.78 is 0. The molecule has 1 aromatic carbocycles. The largest absolute Gasteiger partial charge is 0.398 e. The van der Waals surface area contributed by atoms with Crippen molar-refractivity contribution in [2.45, 2.75) is 40.2 Å². The summed E-state index contributed by atoms with van der Waals surface area (Å²) in [5.41, 5.74) is 8.66. The molecule has 18 heavy (non-hydrogen) atoms. The van der Waals surface area contributed by atoms with Crippen molar-refractivity contribution in [3.8, 4) is 6.07 Å². The summed E-state index contributed by atoms with van der Waals surface area (Å²) >= 11 is 0. The Labute approximate surface area is 110 Å². The molecule has 0 unspecified atom stereocenters. The van der Waals surface area contributed by atoms with Crippen LogP contribution in [-0.4, -0.2) is 12.6 Å². The first kappa shape index (κ1) is 14.4.